The minimum atomic E-state index is -0.483. The van der Waals surface area contributed by atoms with Gasteiger partial charge in [-0.2, -0.15) is 0 Å². The molecule has 0 saturated carbocycles. The smallest absolute Gasteiger partial charge is 0.360 e. The minimum absolute atomic E-state index is 0.182. The van der Waals surface area contributed by atoms with Crippen LogP contribution in [0.2, 0.25) is 10.0 Å². The first kappa shape index (κ1) is 13.8. The maximum atomic E-state index is 11.4. The molecule has 0 radical (unpaired) electrons. The maximum Gasteiger partial charge on any atom is 0.360 e. The van der Waals surface area contributed by atoms with Crippen molar-refractivity contribution in [2.24, 2.45) is 0 Å². The van der Waals surface area contributed by atoms with Crippen LogP contribution in [0.5, 0.6) is 0 Å². The van der Waals surface area contributed by atoms with Gasteiger partial charge in [0.15, 0.2) is 5.69 Å². The molecule has 2 rings (SSSR count). The van der Waals surface area contributed by atoms with E-state index in [1.54, 1.807) is 19.1 Å². The summed E-state index contributed by atoms with van der Waals surface area (Å²) in [6.45, 7) is 2.49. The van der Waals surface area contributed by atoms with E-state index in [1.807, 2.05) is 6.07 Å². The third-order valence-electron chi connectivity index (χ3n) is 2.35. The molecule has 1 aromatic carbocycles. The molecular formula is C12H11Cl2N3O2. The summed E-state index contributed by atoms with van der Waals surface area (Å²) in [7, 11) is 0. The Morgan fingerprint density at radius 2 is 2.16 bits per heavy atom. The molecule has 0 aliphatic heterocycles. The molecule has 0 unspecified atom stereocenters. The molecule has 0 atom stereocenters. The lowest BCUT2D eigenvalue weighted by Crippen LogP contribution is -2.05. The summed E-state index contributed by atoms with van der Waals surface area (Å²) in [5, 5.41) is 8.58. The minimum Gasteiger partial charge on any atom is -0.461 e. The molecule has 19 heavy (non-hydrogen) atoms. The molecule has 0 aliphatic carbocycles. The molecule has 2 aromatic rings. The summed E-state index contributed by atoms with van der Waals surface area (Å²) in [5.74, 6) is -0.483. The van der Waals surface area contributed by atoms with Crippen molar-refractivity contribution in [3.63, 3.8) is 0 Å². The molecule has 0 aliphatic rings. The number of carbonyl (C=O) groups excluding carboxylic acids is 1. The summed E-state index contributed by atoms with van der Waals surface area (Å²) in [6.07, 6.45) is 1.53. The fourth-order valence-corrected chi connectivity index (χ4v) is 1.82. The van der Waals surface area contributed by atoms with Gasteiger partial charge >= 0.3 is 5.97 Å². The average molecular weight is 300 g/mol. The fraction of sp³-hybridized carbons (Fsp3) is 0.250. The zero-order valence-electron chi connectivity index (χ0n) is 10.1. The largest absolute Gasteiger partial charge is 0.461 e. The predicted molar refractivity (Wildman–Crippen MR) is 71.5 cm³/mol. The van der Waals surface area contributed by atoms with Crippen LogP contribution in [0, 0.1) is 0 Å². The molecule has 1 heterocycles. The fourth-order valence-electron chi connectivity index (χ4n) is 1.50. The highest BCUT2D eigenvalue weighted by Gasteiger charge is 2.11. The van der Waals surface area contributed by atoms with Gasteiger partial charge in [0.05, 0.1) is 29.4 Å². The highest BCUT2D eigenvalue weighted by molar-refractivity contribution is 6.42. The normalized spacial score (nSPS) is 10.5. The number of carbonyl (C=O) groups is 1. The summed E-state index contributed by atoms with van der Waals surface area (Å²) in [4.78, 5) is 11.4. The molecule has 0 N–H and O–H groups in total. The van der Waals surface area contributed by atoms with Crippen LogP contribution in [0.25, 0.3) is 0 Å². The molecule has 0 saturated heterocycles. The Hall–Kier alpha value is -1.59. The standard InChI is InChI=1S/C12H11Cl2N3O2/c1-2-19-12(18)11-7-17(16-15-11)6-8-3-4-9(13)10(14)5-8/h3-5,7H,2,6H2,1H3. The third-order valence-corrected chi connectivity index (χ3v) is 3.09. The van der Waals surface area contributed by atoms with Crippen molar-refractivity contribution >= 4 is 29.2 Å². The van der Waals surface area contributed by atoms with Crippen molar-refractivity contribution in [3.8, 4) is 0 Å². The number of nitrogens with zero attached hydrogens (tertiary/aromatic N) is 3. The SMILES string of the molecule is CCOC(=O)c1cn(Cc2ccc(Cl)c(Cl)c2)nn1. The van der Waals surface area contributed by atoms with Crippen LogP contribution in [0.1, 0.15) is 23.0 Å². The van der Waals surface area contributed by atoms with Gasteiger partial charge < -0.3 is 4.74 Å². The number of hydrogen-bond acceptors (Lipinski definition) is 4. The maximum absolute atomic E-state index is 11.4. The van der Waals surface area contributed by atoms with Gasteiger partial charge in [0.1, 0.15) is 0 Å². The zero-order valence-corrected chi connectivity index (χ0v) is 11.6. The van der Waals surface area contributed by atoms with Gasteiger partial charge in [0, 0.05) is 0 Å². The molecule has 0 bridgehead atoms. The highest BCUT2D eigenvalue weighted by Crippen LogP contribution is 2.22. The van der Waals surface area contributed by atoms with E-state index in [2.05, 4.69) is 10.3 Å². The van der Waals surface area contributed by atoms with Crippen LogP contribution in [0.15, 0.2) is 24.4 Å². The molecule has 0 fully saturated rings. The first-order chi connectivity index (χ1) is 9.10. The number of benzene rings is 1. The van der Waals surface area contributed by atoms with Gasteiger partial charge in [0.2, 0.25) is 0 Å². The van der Waals surface area contributed by atoms with E-state index in [1.165, 1.54) is 10.9 Å². The Labute approximate surface area is 120 Å². The van der Waals surface area contributed by atoms with E-state index in [9.17, 15) is 4.79 Å². The van der Waals surface area contributed by atoms with Crippen LogP contribution in [0.3, 0.4) is 0 Å². The van der Waals surface area contributed by atoms with Crippen LogP contribution >= 0.6 is 23.2 Å². The van der Waals surface area contributed by atoms with E-state index < -0.39 is 5.97 Å². The van der Waals surface area contributed by atoms with Crippen LogP contribution < -0.4 is 0 Å². The van der Waals surface area contributed by atoms with Crippen molar-refractivity contribution in [1.82, 2.24) is 15.0 Å². The van der Waals surface area contributed by atoms with E-state index >= 15 is 0 Å². The number of halogens is 2. The molecule has 0 amide bonds. The zero-order chi connectivity index (χ0) is 13.8. The van der Waals surface area contributed by atoms with Crippen LogP contribution in [-0.4, -0.2) is 27.6 Å². The molecule has 0 spiro atoms. The average Bonchev–Trinajstić information content (AvgIpc) is 2.83. The second-order valence-corrected chi connectivity index (χ2v) is 4.58. The van der Waals surface area contributed by atoms with E-state index in [-0.39, 0.29) is 5.69 Å². The summed E-state index contributed by atoms with van der Waals surface area (Å²) >= 11 is 11.8. The number of rotatable bonds is 4. The van der Waals surface area contributed by atoms with Crippen molar-refractivity contribution in [2.45, 2.75) is 13.5 Å². The van der Waals surface area contributed by atoms with Crippen LogP contribution in [-0.2, 0) is 11.3 Å². The Morgan fingerprint density at radius 3 is 2.84 bits per heavy atom. The van der Waals surface area contributed by atoms with Crippen molar-refractivity contribution < 1.29 is 9.53 Å². The lowest BCUT2D eigenvalue weighted by atomic mass is 10.2. The number of hydrogen-bond donors (Lipinski definition) is 0. The monoisotopic (exact) mass is 299 g/mol. The Kier molecular flexibility index (Phi) is 4.39. The van der Waals surface area contributed by atoms with Crippen molar-refractivity contribution in [1.29, 1.82) is 0 Å². The Balaban J connectivity index is 2.11. The molecule has 7 heteroatoms. The first-order valence-corrected chi connectivity index (χ1v) is 6.37. The summed E-state index contributed by atoms with van der Waals surface area (Å²) < 4.78 is 6.37. The topological polar surface area (TPSA) is 57.0 Å². The molecular weight excluding hydrogens is 289 g/mol. The Bertz CT molecular complexity index is 598. The van der Waals surface area contributed by atoms with Crippen LogP contribution in [0.4, 0.5) is 0 Å². The Morgan fingerprint density at radius 1 is 1.37 bits per heavy atom. The first-order valence-electron chi connectivity index (χ1n) is 5.61. The lowest BCUT2D eigenvalue weighted by Gasteiger charge is -2.02. The van der Waals surface area contributed by atoms with Gasteiger partial charge in [-0.15, -0.1) is 5.10 Å². The van der Waals surface area contributed by atoms with Gasteiger partial charge in [-0.05, 0) is 24.6 Å². The second kappa shape index (κ2) is 6.04. The van der Waals surface area contributed by atoms with Gasteiger partial charge in [-0.3, -0.25) is 0 Å². The molecule has 1 aromatic heterocycles. The number of ether oxygens (including phenoxy) is 1. The van der Waals surface area contributed by atoms with E-state index in [0.717, 1.165) is 5.56 Å². The summed E-state index contributed by atoms with van der Waals surface area (Å²) in [6, 6.07) is 5.29. The van der Waals surface area contributed by atoms with E-state index in [0.29, 0.717) is 23.2 Å². The van der Waals surface area contributed by atoms with Gasteiger partial charge in [-0.1, -0.05) is 34.5 Å². The van der Waals surface area contributed by atoms with Gasteiger partial charge in [0.25, 0.3) is 0 Å². The second-order valence-electron chi connectivity index (χ2n) is 3.77. The lowest BCUT2D eigenvalue weighted by molar-refractivity contribution is 0.0519. The van der Waals surface area contributed by atoms with Crippen molar-refractivity contribution in [2.75, 3.05) is 6.61 Å². The summed E-state index contributed by atoms with van der Waals surface area (Å²) in [5.41, 5.74) is 1.09. The highest BCUT2D eigenvalue weighted by atomic mass is 35.5. The predicted octanol–water partition coefficient (Wildman–Crippen LogP) is 2.81. The van der Waals surface area contributed by atoms with E-state index in [4.69, 9.17) is 27.9 Å². The third kappa shape index (κ3) is 3.45. The van der Waals surface area contributed by atoms with Gasteiger partial charge in [-0.25, -0.2) is 9.48 Å². The van der Waals surface area contributed by atoms with Crippen molar-refractivity contribution in [3.05, 3.63) is 45.7 Å². The molecule has 5 nitrogen and oxygen atoms in total. The number of esters is 1. The molecule has 100 valence electrons. The quantitative estimate of drug-likeness (QED) is 0.815. The number of aromatic nitrogens is 3.